The summed E-state index contributed by atoms with van der Waals surface area (Å²) in [6, 6.07) is 6.21. The zero-order valence-electron chi connectivity index (χ0n) is 20.1. The van der Waals surface area contributed by atoms with Crippen LogP contribution in [0.25, 0.3) is 0 Å². The Morgan fingerprint density at radius 2 is 1.71 bits per heavy atom. The van der Waals surface area contributed by atoms with Crippen LogP contribution in [-0.4, -0.2) is 82.3 Å². The molecule has 0 radical (unpaired) electrons. The summed E-state index contributed by atoms with van der Waals surface area (Å²) >= 11 is 0. The Morgan fingerprint density at radius 1 is 1.06 bits per heavy atom. The normalized spacial score (nSPS) is 17.4. The molecular weight excluding hydrogens is 505 g/mol. The van der Waals surface area contributed by atoms with E-state index in [1.807, 2.05) is 27.0 Å². The summed E-state index contributed by atoms with van der Waals surface area (Å²) in [7, 11) is 4.01. The van der Waals surface area contributed by atoms with E-state index < -0.39 is 0 Å². The quantitative estimate of drug-likeness (QED) is 0.267. The Bertz CT molecular complexity index is 665. The maximum atomic E-state index is 5.76. The molecule has 7 nitrogen and oxygen atoms in total. The van der Waals surface area contributed by atoms with E-state index in [4.69, 9.17) is 9.47 Å². The molecule has 1 saturated heterocycles. The molecule has 0 saturated carbocycles. The fraction of sp³-hybridized carbons (Fsp3) is 0.696. The molecule has 8 heteroatoms. The van der Waals surface area contributed by atoms with Crippen molar-refractivity contribution in [2.75, 3.05) is 66.6 Å². The van der Waals surface area contributed by atoms with Crippen LogP contribution in [0.15, 0.2) is 23.2 Å². The molecule has 0 aliphatic carbocycles. The molecule has 2 atom stereocenters. The number of nitrogens with zero attached hydrogens (tertiary/aromatic N) is 3. The first kappa shape index (κ1) is 27.8. The van der Waals surface area contributed by atoms with Crippen LogP contribution in [-0.2, 0) is 0 Å². The first-order valence-electron chi connectivity index (χ1n) is 11.2. The monoisotopic (exact) mass is 547 g/mol. The number of piperazine rings is 1. The van der Waals surface area contributed by atoms with Gasteiger partial charge in [0.15, 0.2) is 17.5 Å². The fourth-order valence-electron chi connectivity index (χ4n) is 3.63. The van der Waals surface area contributed by atoms with Crippen LogP contribution in [0.4, 0.5) is 0 Å². The summed E-state index contributed by atoms with van der Waals surface area (Å²) in [6.45, 7) is 16.3. The second kappa shape index (κ2) is 14.7. The predicted molar refractivity (Wildman–Crippen MR) is 140 cm³/mol. The minimum absolute atomic E-state index is 0. The molecule has 0 bridgehead atoms. The maximum Gasteiger partial charge on any atom is 0.191 e. The zero-order valence-corrected chi connectivity index (χ0v) is 22.4. The smallest absolute Gasteiger partial charge is 0.191 e. The van der Waals surface area contributed by atoms with E-state index in [-0.39, 0.29) is 30.0 Å². The lowest BCUT2D eigenvalue weighted by Gasteiger charge is -2.34. The fourth-order valence-corrected chi connectivity index (χ4v) is 3.63. The van der Waals surface area contributed by atoms with Crippen LogP contribution in [0.5, 0.6) is 11.5 Å². The van der Waals surface area contributed by atoms with Crippen LogP contribution in [0.3, 0.4) is 0 Å². The molecule has 2 unspecified atom stereocenters. The molecule has 178 valence electrons. The summed E-state index contributed by atoms with van der Waals surface area (Å²) in [5.74, 6) is 2.95. The van der Waals surface area contributed by atoms with E-state index in [0.717, 1.165) is 62.3 Å². The molecule has 2 N–H and O–H groups in total. The number of ether oxygens (including phenoxy) is 2. The van der Waals surface area contributed by atoms with Crippen molar-refractivity contribution in [3.05, 3.63) is 23.8 Å². The average Bonchev–Trinajstić information content (AvgIpc) is 2.74. The molecule has 1 aromatic rings. The highest BCUT2D eigenvalue weighted by molar-refractivity contribution is 14.0. The van der Waals surface area contributed by atoms with Gasteiger partial charge in [-0.3, -0.25) is 4.99 Å². The van der Waals surface area contributed by atoms with E-state index in [2.05, 4.69) is 58.5 Å². The van der Waals surface area contributed by atoms with Crippen molar-refractivity contribution in [3.8, 4) is 11.5 Å². The standard InChI is InChI=1S/C23H41N5O2.HI/c1-7-29-21-10-9-20(15-22(21)30-8-2)19(4)26-23(24-5)25-16-18(3)17-28-13-11-27(6)12-14-28;/h9-10,15,18-19H,7-8,11-14,16-17H2,1-6H3,(H2,24,25,26);1H. The molecule has 1 aromatic carbocycles. The molecule has 2 rings (SSSR count). The SMILES string of the molecule is CCOc1ccc(C(C)NC(=NC)NCC(C)CN2CCN(C)CC2)cc1OCC.I. The number of aliphatic imine (C=N–C) groups is 1. The van der Waals surface area contributed by atoms with Gasteiger partial charge in [0.25, 0.3) is 0 Å². The highest BCUT2D eigenvalue weighted by Gasteiger charge is 2.17. The van der Waals surface area contributed by atoms with Crippen molar-refractivity contribution in [3.63, 3.8) is 0 Å². The van der Waals surface area contributed by atoms with Gasteiger partial charge in [-0.25, -0.2) is 0 Å². The van der Waals surface area contributed by atoms with Crippen molar-refractivity contribution >= 4 is 29.9 Å². The number of likely N-dealkylation sites (N-methyl/N-ethyl adjacent to an activating group) is 1. The van der Waals surface area contributed by atoms with Gasteiger partial charge < -0.3 is 29.9 Å². The number of guanidine groups is 1. The third-order valence-corrected chi connectivity index (χ3v) is 5.43. The van der Waals surface area contributed by atoms with E-state index in [1.165, 1.54) is 0 Å². The Morgan fingerprint density at radius 3 is 2.32 bits per heavy atom. The summed E-state index contributed by atoms with van der Waals surface area (Å²) in [5, 5.41) is 6.98. The van der Waals surface area contributed by atoms with Gasteiger partial charge in [0.1, 0.15) is 0 Å². The van der Waals surface area contributed by atoms with Gasteiger partial charge in [-0.05, 0) is 51.4 Å². The maximum absolute atomic E-state index is 5.76. The van der Waals surface area contributed by atoms with Gasteiger partial charge >= 0.3 is 0 Å². The van der Waals surface area contributed by atoms with Crippen LogP contribution >= 0.6 is 24.0 Å². The summed E-state index contributed by atoms with van der Waals surface area (Å²) in [4.78, 5) is 9.36. The molecule has 1 aliphatic rings. The van der Waals surface area contributed by atoms with Gasteiger partial charge in [0.2, 0.25) is 0 Å². The van der Waals surface area contributed by atoms with Crippen LogP contribution < -0.4 is 20.1 Å². The minimum atomic E-state index is 0. The third kappa shape index (κ3) is 9.41. The van der Waals surface area contributed by atoms with Gasteiger partial charge in [-0.2, -0.15) is 0 Å². The lowest BCUT2D eigenvalue weighted by molar-refractivity contribution is 0.139. The zero-order chi connectivity index (χ0) is 21.9. The molecular formula is C23H42IN5O2. The predicted octanol–water partition coefficient (Wildman–Crippen LogP) is 3.21. The Balaban J connectivity index is 0.00000480. The number of hydrogen-bond acceptors (Lipinski definition) is 5. The first-order valence-corrected chi connectivity index (χ1v) is 11.2. The second-order valence-corrected chi connectivity index (χ2v) is 8.10. The molecule has 0 amide bonds. The van der Waals surface area contributed by atoms with Gasteiger partial charge in [0.05, 0.1) is 19.3 Å². The number of rotatable bonds is 10. The van der Waals surface area contributed by atoms with E-state index in [9.17, 15) is 0 Å². The van der Waals surface area contributed by atoms with E-state index in [0.29, 0.717) is 19.1 Å². The lowest BCUT2D eigenvalue weighted by atomic mass is 10.1. The van der Waals surface area contributed by atoms with E-state index in [1.54, 1.807) is 0 Å². The van der Waals surface area contributed by atoms with E-state index >= 15 is 0 Å². The van der Waals surface area contributed by atoms with Gasteiger partial charge in [-0.15, -0.1) is 24.0 Å². The van der Waals surface area contributed by atoms with Crippen LogP contribution in [0.1, 0.15) is 39.3 Å². The van der Waals surface area contributed by atoms with Gasteiger partial charge in [0, 0.05) is 46.3 Å². The molecule has 31 heavy (non-hydrogen) atoms. The van der Waals surface area contributed by atoms with Gasteiger partial charge in [-0.1, -0.05) is 13.0 Å². The Kier molecular flexibility index (Phi) is 13.2. The van der Waals surface area contributed by atoms with Crippen LogP contribution in [0, 0.1) is 5.92 Å². The van der Waals surface area contributed by atoms with Crippen molar-refractivity contribution in [2.45, 2.75) is 33.7 Å². The number of benzene rings is 1. The summed E-state index contributed by atoms with van der Waals surface area (Å²) in [5.41, 5.74) is 1.13. The molecule has 1 aliphatic heterocycles. The van der Waals surface area contributed by atoms with Crippen molar-refractivity contribution in [1.29, 1.82) is 0 Å². The highest BCUT2D eigenvalue weighted by atomic mass is 127. The second-order valence-electron chi connectivity index (χ2n) is 8.10. The Labute approximate surface area is 206 Å². The first-order chi connectivity index (χ1) is 14.5. The Hall–Kier alpha value is -1.26. The van der Waals surface area contributed by atoms with Crippen molar-refractivity contribution in [1.82, 2.24) is 20.4 Å². The molecule has 1 fully saturated rings. The number of halogens is 1. The average molecular weight is 548 g/mol. The largest absolute Gasteiger partial charge is 0.490 e. The minimum Gasteiger partial charge on any atom is -0.490 e. The topological polar surface area (TPSA) is 61.4 Å². The molecule has 1 heterocycles. The highest BCUT2D eigenvalue weighted by Crippen LogP contribution is 2.30. The number of nitrogens with one attached hydrogen (secondary N) is 2. The van der Waals surface area contributed by atoms with Crippen LogP contribution in [0.2, 0.25) is 0 Å². The van der Waals surface area contributed by atoms with Crippen molar-refractivity contribution in [2.24, 2.45) is 10.9 Å². The lowest BCUT2D eigenvalue weighted by Crippen LogP contribution is -2.47. The third-order valence-electron chi connectivity index (χ3n) is 5.43. The summed E-state index contributed by atoms with van der Waals surface area (Å²) < 4.78 is 11.4. The number of hydrogen-bond donors (Lipinski definition) is 2. The molecule has 0 aromatic heterocycles. The molecule has 0 spiro atoms. The summed E-state index contributed by atoms with van der Waals surface area (Å²) in [6.07, 6.45) is 0. The van der Waals surface area contributed by atoms with Crippen molar-refractivity contribution < 1.29 is 9.47 Å².